The van der Waals surface area contributed by atoms with Crippen molar-refractivity contribution in [3.05, 3.63) is 29.3 Å². The fourth-order valence-corrected chi connectivity index (χ4v) is 3.08. The molecule has 0 radical (unpaired) electrons. The fourth-order valence-electron chi connectivity index (χ4n) is 3.08. The molecule has 5 heteroatoms. The molecule has 0 atom stereocenters. The maximum atomic E-state index is 12.3. The van der Waals surface area contributed by atoms with E-state index >= 15 is 0 Å². The molecule has 5 nitrogen and oxygen atoms in total. The minimum atomic E-state index is -0.0646. The minimum absolute atomic E-state index is 0.0106. The van der Waals surface area contributed by atoms with Gasteiger partial charge in [-0.25, -0.2) is 0 Å². The number of fused-ring (bicyclic) bond motifs is 1. The predicted octanol–water partition coefficient (Wildman–Crippen LogP) is 1.40. The molecule has 2 aliphatic rings. The van der Waals surface area contributed by atoms with E-state index in [2.05, 4.69) is 29.6 Å². The molecule has 2 amide bonds. The molecule has 1 aliphatic carbocycles. The highest BCUT2D eigenvalue weighted by molar-refractivity contribution is 6.01. The van der Waals surface area contributed by atoms with Crippen molar-refractivity contribution in [3.63, 3.8) is 0 Å². The summed E-state index contributed by atoms with van der Waals surface area (Å²) < 4.78 is 0. The summed E-state index contributed by atoms with van der Waals surface area (Å²) in [7, 11) is 4.13. The van der Waals surface area contributed by atoms with Gasteiger partial charge in [-0.3, -0.25) is 9.59 Å². The van der Waals surface area contributed by atoms with Crippen LogP contribution in [0, 0.1) is 0 Å². The van der Waals surface area contributed by atoms with Crippen LogP contribution >= 0.6 is 0 Å². The van der Waals surface area contributed by atoms with Crippen molar-refractivity contribution in [2.45, 2.75) is 31.2 Å². The number of anilines is 1. The van der Waals surface area contributed by atoms with Crippen molar-refractivity contribution in [2.75, 3.05) is 26.0 Å². The van der Waals surface area contributed by atoms with Gasteiger partial charge in [-0.1, -0.05) is 0 Å². The van der Waals surface area contributed by atoms with Gasteiger partial charge in [-0.2, -0.15) is 0 Å². The molecule has 1 aromatic rings. The average molecular weight is 287 g/mol. The number of hydrogen-bond donors (Lipinski definition) is 2. The maximum absolute atomic E-state index is 12.3. The van der Waals surface area contributed by atoms with Gasteiger partial charge in [0.15, 0.2) is 0 Å². The molecule has 21 heavy (non-hydrogen) atoms. The van der Waals surface area contributed by atoms with Crippen LogP contribution in [-0.2, 0) is 11.2 Å². The number of rotatable bonds is 4. The highest BCUT2D eigenvalue weighted by Crippen LogP contribution is 2.35. The van der Waals surface area contributed by atoms with Crippen LogP contribution < -0.4 is 10.6 Å². The Morgan fingerprint density at radius 2 is 2.14 bits per heavy atom. The normalized spacial score (nSPS) is 18.9. The smallest absolute Gasteiger partial charge is 0.251 e. The van der Waals surface area contributed by atoms with E-state index in [1.54, 1.807) is 12.1 Å². The second-order valence-corrected chi connectivity index (χ2v) is 6.25. The van der Waals surface area contributed by atoms with Gasteiger partial charge in [-0.05, 0) is 57.1 Å². The zero-order chi connectivity index (χ0) is 15.0. The Morgan fingerprint density at radius 1 is 1.38 bits per heavy atom. The number of nitrogens with zero attached hydrogens (tertiary/aromatic N) is 1. The molecule has 1 heterocycles. The van der Waals surface area contributed by atoms with Crippen LogP contribution in [0.3, 0.4) is 0 Å². The van der Waals surface area contributed by atoms with Crippen LogP contribution in [0.4, 0.5) is 5.69 Å². The third-order valence-corrected chi connectivity index (χ3v) is 4.80. The lowest BCUT2D eigenvalue weighted by Gasteiger charge is -2.47. The van der Waals surface area contributed by atoms with E-state index in [0.717, 1.165) is 24.1 Å². The lowest BCUT2D eigenvalue weighted by Crippen LogP contribution is -2.57. The van der Waals surface area contributed by atoms with Crippen molar-refractivity contribution in [1.29, 1.82) is 0 Å². The van der Waals surface area contributed by atoms with Gasteiger partial charge in [0.1, 0.15) is 0 Å². The lowest BCUT2D eigenvalue weighted by atomic mass is 9.75. The fraction of sp³-hybridized carbons (Fsp3) is 0.500. The van der Waals surface area contributed by atoms with Crippen molar-refractivity contribution >= 4 is 17.5 Å². The first kappa shape index (κ1) is 14.1. The van der Waals surface area contributed by atoms with E-state index in [9.17, 15) is 9.59 Å². The van der Waals surface area contributed by atoms with Crippen LogP contribution in [0.1, 0.15) is 35.2 Å². The van der Waals surface area contributed by atoms with Gasteiger partial charge in [0.05, 0.1) is 6.42 Å². The van der Waals surface area contributed by atoms with Crippen LogP contribution in [0.5, 0.6) is 0 Å². The minimum Gasteiger partial charge on any atom is -0.350 e. The number of carbonyl (C=O) groups is 2. The zero-order valence-corrected chi connectivity index (χ0v) is 12.5. The van der Waals surface area contributed by atoms with Gasteiger partial charge in [-0.15, -0.1) is 0 Å². The molecule has 0 unspecified atom stereocenters. The molecule has 0 bridgehead atoms. The molecule has 0 spiro atoms. The Morgan fingerprint density at radius 3 is 2.76 bits per heavy atom. The summed E-state index contributed by atoms with van der Waals surface area (Å²) in [5, 5.41) is 5.82. The Kier molecular flexibility index (Phi) is 3.45. The predicted molar refractivity (Wildman–Crippen MR) is 81.4 cm³/mol. The molecule has 1 aliphatic heterocycles. The van der Waals surface area contributed by atoms with Gasteiger partial charge < -0.3 is 15.5 Å². The van der Waals surface area contributed by atoms with Gasteiger partial charge in [0.25, 0.3) is 5.91 Å². The number of nitrogens with one attached hydrogen (secondary N) is 2. The SMILES string of the molecule is CN(C)C1(CNC(=O)c2ccc3c(c2)CC(=O)N3)CCC1. The molecule has 1 saturated carbocycles. The Hall–Kier alpha value is -1.88. The van der Waals surface area contributed by atoms with Gasteiger partial charge in [0.2, 0.25) is 5.91 Å². The topological polar surface area (TPSA) is 61.4 Å². The lowest BCUT2D eigenvalue weighted by molar-refractivity contribution is -0.115. The first-order chi connectivity index (χ1) is 10.00. The molecule has 1 aromatic carbocycles. The quantitative estimate of drug-likeness (QED) is 0.880. The number of amides is 2. The molecule has 112 valence electrons. The Labute approximate surface area is 124 Å². The third kappa shape index (κ3) is 2.53. The second kappa shape index (κ2) is 5.15. The van der Waals surface area contributed by atoms with Gasteiger partial charge >= 0.3 is 0 Å². The average Bonchev–Trinajstić information content (AvgIpc) is 2.75. The second-order valence-electron chi connectivity index (χ2n) is 6.25. The third-order valence-electron chi connectivity index (χ3n) is 4.80. The first-order valence-corrected chi connectivity index (χ1v) is 7.39. The summed E-state index contributed by atoms with van der Waals surface area (Å²) in [5.41, 5.74) is 2.46. The van der Waals surface area contributed by atoms with Gasteiger partial charge in [0, 0.05) is 23.3 Å². The molecule has 2 N–H and O–H groups in total. The highest BCUT2D eigenvalue weighted by atomic mass is 16.2. The largest absolute Gasteiger partial charge is 0.350 e. The van der Waals surface area contributed by atoms with Crippen molar-refractivity contribution in [1.82, 2.24) is 10.2 Å². The number of likely N-dealkylation sites (N-methyl/N-ethyl adjacent to an activating group) is 1. The summed E-state index contributed by atoms with van der Waals surface area (Å²) in [6.07, 6.45) is 3.84. The molecule has 1 fully saturated rings. The number of benzene rings is 1. The molecular formula is C16H21N3O2. The van der Waals surface area contributed by atoms with Crippen LogP contribution in [0.25, 0.3) is 0 Å². The molecule has 3 rings (SSSR count). The summed E-state index contributed by atoms with van der Waals surface area (Å²) in [6, 6.07) is 5.38. The van der Waals surface area contributed by atoms with E-state index in [1.165, 1.54) is 6.42 Å². The maximum Gasteiger partial charge on any atom is 0.251 e. The van der Waals surface area contributed by atoms with E-state index in [0.29, 0.717) is 18.5 Å². The zero-order valence-electron chi connectivity index (χ0n) is 12.5. The standard InChI is InChI=1S/C16H21N3O2/c1-19(2)16(6-3-7-16)10-17-15(21)11-4-5-13-12(8-11)9-14(20)18-13/h4-5,8H,3,6-7,9-10H2,1-2H3,(H,17,21)(H,18,20). The summed E-state index contributed by atoms with van der Waals surface area (Å²) in [5.74, 6) is -0.0751. The van der Waals surface area contributed by atoms with Crippen LogP contribution in [-0.4, -0.2) is 42.9 Å². The van der Waals surface area contributed by atoms with Crippen LogP contribution in [0.2, 0.25) is 0 Å². The van der Waals surface area contributed by atoms with E-state index in [4.69, 9.17) is 0 Å². The number of hydrogen-bond acceptors (Lipinski definition) is 3. The van der Waals surface area contributed by atoms with E-state index < -0.39 is 0 Å². The summed E-state index contributed by atoms with van der Waals surface area (Å²) >= 11 is 0. The summed E-state index contributed by atoms with van der Waals surface area (Å²) in [4.78, 5) is 25.9. The van der Waals surface area contributed by atoms with Crippen molar-refractivity contribution in [2.24, 2.45) is 0 Å². The molecule has 0 aromatic heterocycles. The van der Waals surface area contributed by atoms with E-state index in [-0.39, 0.29) is 17.4 Å². The summed E-state index contributed by atoms with van der Waals surface area (Å²) in [6.45, 7) is 0.674. The Bertz CT molecular complexity index is 591. The monoisotopic (exact) mass is 287 g/mol. The molecule has 0 saturated heterocycles. The van der Waals surface area contributed by atoms with E-state index in [1.807, 2.05) is 6.07 Å². The molecular weight excluding hydrogens is 266 g/mol. The van der Waals surface area contributed by atoms with Crippen LogP contribution in [0.15, 0.2) is 18.2 Å². The first-order valence-electron chi connectivity index (χ1n) is 7.39. The number of carbonyl (C=O) groups excluding carboxylic acids is 2. The van der Waals surface area contributed by atoms with Crippen molar-refractivity contribution < 1.29 is 9.59 Å². The van der Waals surface area contributed by atoms with Crippen molar-refractivity contribution in [3.8, 4) is 0 Å². The highest BCUT2D eigenvalue weighted by Gasteiger charge is 2.39. The Balaban J connectivity index is 1.66.